The molecule has 0 saturated carbocycles. The van der Waals surface area contributed by atoms with Crippen LogP contribution in [-0.2, 0) is 20.3 Å². The molecular weight excluding hydrogens is 450 g/mol. The molecule has 2 unspecified atom stereocenters. The van der Waals surface area contributed by atoms with Crippen molar-refractivity contribution in [2.75, 3.05) is 0 Å². The first-order valence-electron chi connectivity index (χ1n) is 9.88. The Kier molecular flexibility index (Phi) is 5.12. The molecule has 0 radical (unpaired) electrons. The van der Waals surface area contributed by atoms with E-state index in [9.17, 15) is 0 Å². The van der Waals surface area contributed by atoms with Crippen LogP contribution >= 0.6 is 0 Å². The summed E-state index contributed by atoms with van der Waals surface area (Å²) in [5.41, 5.74) is 11.8. The van der Waals surface area contributed by atoms with Crippen molar-refractivity contribution in [2.45, 2.75) is 41.7 Å². The molecule has 138 valence electrons. The minimum absolute atomic E-state index is 0. The predicted molar refractivity (Wildman–Crippen MR) is 102 cm³/mol. The number of rotatable bonds is 2. The Labute approximate surface area is 179 Å². The Bertz CT molecular complexity index is 968. The molecule has 2 aromatic rings. The van der Waals surface area contributed by atoms with Crippen molar-refractivity contribution in [1.29, 1.82) is 0 Å². The van der Waals surface area contributed by atoms with Gasteiger partial charge >= 0.3 is 156 Å². The average molecular weight is 475 g/mol. The van der Waals surface area contributed by atoms with Crippen LogP contribution in [-0.4, -0.2) is 0 Å². The topological polar surface area (TPSA) is 0 Å². The van der Waals surface area contributed by atoms with Gasteiger partial charge in [-0.25, -0.2) is 0 Å². The second-order valence-corrected chi connectivity index (χ2v) is 20.0. The van der Waals surface area contributed by atoms with E-state index in [1.165, 1.54) is 24.8 Å². The van der Waals surface area contributed by atoms with Crippen molar-refractivity contribution >= 4 is 11.1 Å². The van der Waals surface area contributed by atoms with E-state index in [2.05, 4.69) is 61.5 Å². The zero-order valence-corrected chi connectivity index (χ0v) is 19.6. The van der Waals surface area contributed by atoms with E-state index in [0.717, 1.165) is 7.25 Å². The Morgan fingerprint density at radius 2 is 1.48 bits per heavy atom. The summed E-state index contributed by atoms with van der Waals surface area (Å²) in [5, 5.41) is 0. The first kappa shape index (κ1) is 19.7. The summed E-state index contributed by atoms with van der Waals surface area (Å²) in [6, 6.07) is 18.7. The normalized spacial score (nSPS) is 24.6. The number of allylic oxidation sites excluding steroid dienone is 4. The van der Waals surface area contributed by atoms with Gasteiger partial charge in [-0.15, -0.1) is 0 Å². The van der Waals surface area contributed by atoms with E-state index in [1.54, 1.807) is 36.1 Å². The molecule has 2 aromatic carbocycles. The summed E-state index contributed by atoms with van der Waals surface area (Å²) in [7, 11) is 0. The number of benzene rings is 2. The molecule has 0 spiro atoms. The van der Waals surface area contributed by atoms with Crippen molar-refractivity contribution in [1.82, 2.24) is 0 Å². The summed E-state index contributed by atoms with van der Waals surface area (Å²) in [6.45, 7) is 2.34. The van der Waals surface area contributed by atoms with E-state index in [0.29, 0.717) is 0 Å². The van der Waals surface area contributed by atoms with Crippen molar-refractivity contribution in [3.05, 3.63) is 82.4 Å². The number of hydrogen-bond donors (Lipinski definition) is 0. The predicted octanol–water partition coefficient (Wildman–Crippen LogP) is 0.849. The maximum absolute atomic E-state index is 2.68. The van der Waals surface area contributed by atoms with E-state index in [-0.39, 0.29) is 24.8 Å². The zero-order valence-electron chi connectivity index (χ0n) is 15.6. The molecule has 1 heterocycles. The van der Waals surface area contributed by atoms with Crippen LogP contribution in [0.15, 0.2) is 60.2 Å². The van der Waals surface area contributed by atoms with Gasteiger partial charge in [-0.1, -0.05) is 0 Å². The van der Waals surface area contributed by atoms with Crippen molar-refractivity contribution in [2.24, 2.45) is 0 Å². The van der Waals surface area contributed by atoms with Gasteiger partial charge in [-0.2, -0.15) is 0 Å². The Balaban J connectivity index is 0.000000900. The molecule has 27 heavy (non-hydrogen) atoms. The molecule has 4 aliphatic rings. The van der Waals surface area contributed by atoms with Crippen molar-refractivity contribution in [3.8, 4) is 0 Å². The number of hydrogen-bond acceptors (Lipinski definition) is 0. The second-order valence-electron chi connectivity index (χ2n) is 8.53. The van der Waals surface area contributed by atoms with Crippen LogP contribution in [0.25, 0.3) is 11.1 Å². The van der Waals surface area contributed by atoms with Gasteiger partial charge in [0.05, 0.1) is 0 Å². The molecule has 1 saturated heterocycles. The summed E-state index contributed by atoms with van der Waals surface area (Å²) in [4.78, 5) is 0. The van der Waals surface area contributed by atoms with E-state index in [1.807, 2.05) is 5.57 Å². The van der Waals surface area contributed by atoms with E-state index >= 15 is 0 Å². The third-order valence-electron chi connectivity index (χ3n) is 7.36. The van der Waals surface area contributed by atoms with E-state index < -0.39 is 20.3 Å². The quantitative estimate of drug-likeness (QED) is 0.606. The number of fused-ring (bicyclic) bond motifs is 3. The molecule has 6 rings (SSSR count). The van der Waals surface area contributed by atoms with Crippen LogP contribution in [0.5, 0.6) is 0 Å². The maximum Gasteiger partial charge on any atom is -1.00 e. The number of halogens is 2. The maximum atomic E-state index is 2.68. The Morgan fingerprint density at radius 1 is 0.815 bits per heavy atom. The first-order chi connectivity index (χ1) is 12.3. The Morgan fingerprint density at radius 3 is 2.22 bits per heavy atom. The van der Waals surface area contributed by atoms with Crippen LogP contribution in [0.2, 0.25) is 8.26 Å². The fraction of sp³-hybridized carbons (Fsp3) is 0.333. The van der Waals surface area contributed by atoms with Gasteiger partial charge in [0.25, 0.3) is 0 Å². The molecule has 3 heteroatoms. The van der Waals surface area contributed by atoms with Crippen LogP contribution in [0.4, 0.5) is 0 Å². The fourth-order valence-corrected chi connectivity index (χ4v) is 23.2. The standard InChI is InChI=1S/C12H11.C10H9.C2H4.2ClH.Zr/c1-2-6-11-9(4-1)8-10-5-3-7-12(10)11;1-8-6-7-9-4-2-3-5-10(8)9;1-2;;;/h1-2,4,6,8H,3,5,7H2;2-7H,1H3;1-2H2;2*1H;/q;;;;;+2/p-2. The molecule has 0 amide bonds. The van der Waals surface area contributed by atoms with Gasteiger partial charge in [-0.3, -0.25) is 0 Å². The molecular formula is C24H24Cl2Zr. The molecule has 1 fully saturated rings. The minimum atomic E-state index is -2.27. The average Bonchev–Trinajstić information content (AvgIpc) is 3.02. The summed E-state index contributed by atoms with van der Waals surface area (Å²) < 4.78 is 4.87. The third kappa shape index (κ3) is 2.65. The van der Waals surface area contributed by atoms with Crippen molar-refractivity contribution in [3.63, 3.8) is 0 Å². The molecule has 0 bridgehead atoms. The first-order valence-corrected chi connectivity index (χ1v) is 16.2. The molecule has 0 aromatic heterocycles. The molecule has 3 aliphatic carbocycles. The molecule has 0 nitrogen and oxygen atoms in total. The van der Waals surface area contributed by atoms with Gasteiger partial charge in [-0.05, 0) is 0 Å². The minimum Gasteiger partial charge on any atom is -1.00 e. The van der Waals surface area contributed by atoms with Gasteiger partial charge < -0.3 is 24.8 Å². The van der Waals surface area contributed by atoms with E-state index in [4.69, 9.17) is 0 Å². The fourth-order valence-electron chi connectivity index (χ4n) is 6.22. The monoisotopic (exact) mass is 472 g/mol. The van der Waals surface area contributed by atoms with Crippen LogP contribution in [0.1, 0.15) is 55.7 Å². The summed E-state index contributed by atoms with van der Waals surface area (Å²) in [6.07, 6.45) is 6.79. The summed E-state index contributed by atoms with van der Waals surface area (Å²) >= 11 is -2.27. The Hall–Kier alpha value is -0.617. The van der Waals surface area contributed by atoms with Crippen LogP contribution in [0, 0.1) is 0 Å². The molecule has 0 N–H and O–H groups in total. The zero-order chi connectivity index (χ0) is 16.6. The van der Waals surface area contributed by atoms with Crippen molar-refractivity contribution < 1.29 is 45.1 Å². The summed E-state index contributed by atoms with van der Waals surface area (Å²) in [5.74, 6) is 0. The van der Waals surface area contributed by atoms with Gasteiger partial charge in [0.15, 0.2) is 0 Å². The largest absolute Gasteiger partial charge is 1.00 e. The van der Waals surface area contributed by atoms with Crippen LogP contribution in [0.3, 0.4) is 0 Å². The molecule has 1 aliphatic heterocycles. The molecule has 2 atom stereocenters. The SMILES string of the molecule is CC1=C[CH]([Zr+2]2([CH]3C4=C(CCC4)c4ccccc43)[CH2][CH2]2)c2ccccc21.[Cl-].[Cl-]. The van der Waals surface area contributed by atoms with Gasteiger partial charge in [0.2, 0.25) is 0 Å². The smallest absolute Gasteiger partial charge is 1.00 e. The second kappa shape index (κ2) is 7.01. The van der Waals surface area contributed by atoms with Gasteiger partial charge in [0.1, 0.15) is 0 Å². The third-order valence-corrected chi connectivity index (χ3v) is 20.1. The van der Waals surface area contributed by atoms with Crippen LogP contribution < -0.4 is 24.8 Å². The van der Waals surface area contributed by atoms with Gasteiger partial charge in [0, 0.05) is 0 Å².